The maximum absolute atomic E-state index is 12.0. The first-order valence-electron chi connectivity index (χ1n) is 6.27. The van der Waals surface area contributed by atoms with Crippen molar-refractivity contribution in [2.45, 2.75) is 12.8 Å². The van der Waals surface area contributed by atoms with Crippen LogP contribution in [0, 0.1) is 0 Å². The van der Waals surface area contributed by atoms with Gasteiger partial charge in [0.25, 0.3) is 0 Å². The molecule has 0 heterocycles. The van der Waals surface area contributed by atoms with Crippen LogP contribution in [0.25, 0.3) is 0 Å². The van der Waals surface area contributed by atoms with Gasteiger partial charge in [0, 0.05) is 25.2 Å². The van der Waals surface area contributed by atoms with E-state index < -0.39 is 0 Å². The number of rotatable bonds is 7. The van der Waals surface area contributed by atoms with E-state index in [-0.39, 0.29) is 5.91 Å². The number of carbonyl (C=O) groups is 1. The van der Waals surface area contributed by atoms with E-state index in [1.165, 1.54) is 0 Å². The zero-order valence-electron chi connectivity index (χ0n) is 12.0. The van der Waals surface area contributed by atoms with Crippen LogP contribution in [0.3, 0.4) is 0 Å². The van der Waals surface area contributed by atoms with Crippen molar-refractivity contribution in [3.63, 3.8) is 0 Å². The van der Waals surface area contributed by atoms with E-state index in [4.69, 9.17) is 9.47 Å². The molecule has 106 valence electrons. The Bertz CT molecular complexity index is 421. The quantitative estimate of drug-likeness (QED) is 0.763. The Kier molecular flexibility index (Phi) is 6.15. The number of anilines is 1. The molecule has 0 aromatic heterocycles. The van der Waals surface area contributed by atoms with Crippen molar-refractivity contribution in [3.8, 4) is 11.5 Å². The number of carbonyl (C=O) groups excluding carboxylic acids is 1. The monoisotopic (exact) mass is 266 g/mol. The van der Waals surface area contributed by atoms with Gasteiger partial charge in [-0.25, -0.2) is 0 Å². The molecule has 0 spiro atoms. The van der Waals surface area contributed by atoms with Gasteiger partial charge in [0.1, 0.15) is 0 Å². The van der Waals surface area contributed by atoms with Gasteiger partial charge in [0.15, 0.2) is 11.5 Å². The molecule has 0 aliphatic rings. The lowest BCUT2D eigenvalue weighted by molar-refractivity contribution is -0.118. The molecule has 0 atom stereocenters. The Morgan fingerprint density at radius 2 is 1.95 bits per heavy atom. The van der Waals surface area contributed by atoms with Crippen molar-refractivity contribution in [3.05, 3.63) is 18.2 Å². The summed E-state index contributed by atoms with van der Waals surface area (Å²) in [7, 11) is 6.81. The molecular weight excluding hydrogens is 244 g/mol. The molecule has 1 aromatic carbocycles. The van der Waals surface area contributed by atoms with E-state index in [1.54, 1.807) is 38.3 Å². The Morgan fingerprint density at radius 1 is 1.26 bits per heavy atom. The second-order valence-electron chi connectivity index (χ2n) is 4.20. The predicted octanol–water partition coefficient (Wildman–Crippen LogP) is 1.67. The standard InChI is InChI=1S/C14H22N2O3/c1-15-9-5-6-14(17)16(2)11-7-8-12(18-3)13(10-11)19-4/h7-8,10,15H,5-6,9H2,1-4H3. The van der Waals surface area contributed by atoms with Gasteiger partial charge in [-0.2, -0.15) is 0 Å². The summed E-state index contributed by atoms with van der Waals surface area (Å²) in [4.78, 5) is 13.6. The first-order valence-corrected chi connectivity index (χ1v) is 6.27. The van der Waals surface area contributed by atoms with Crippen molar-refractivity contribution < 1.29 is 14.3 Å². The molecular formula is C14H22N2O3. The van der Waals surface area contributed by atoms with Gasteiger partial charge in [-0.1, -0.05) is 0 Å². The molecule has 1 aromatic rings. The number of nitrogens with zero attached hydrogens (tertiary/aromatic N) is 1. The van der Waals surface area contributed by atoms with Crippen molar-refractivity contribution in [1.29, 1.82) is 0 Å². The van der Waals surface area contributed by atoms with Gasteiger partial charge in [-0.15, -0.1) is 0 Å². The summed E-state index contributed by atoms with van der Waals surface area (Å²) in [5.74, 6) is 1.36. The summed E-state index contributed by atoms with van der Waals surface area (Å²) in [5, 5.41) is 3.03. The van der Waals surface area contributed by atoms with Gasteiger partial charge in [-0.3, -0.25) is 4.79 Å². The van der Waals surface area contributed by atoms with Crippen molar-refractivity contribution >= 4 is 11.6 Å². The normalized spacial score (nSPS) is 10.1. The summed E-state index contributed by atoms with van der Waals surface area (Å²) in [6, 6.07) is 5.44. The molecule has 5 nitrogen and oxygen atoms in total. The minimum atomic E-state index is 0.0856. The van der Waals surface area contributed by atoms with E-state index >= 15 is 0 Å². The first kappa shape index (κ1) is 15.3. The average Bonchev–Trinajstić information content (AvgIpc) is 2.45. The maximum atomic E-state index is 12.0. The zero-order chi connectivity index (χ0) is 14.3. The number of hydrogen-bond donors (Lipinski definition) is 1. The minimum Gasteiger partial charge on any atom is -0.493 e. The van der Waals surface area contributed by atoms with Crippen LogP contribution in [0.4, 0.5) is 5.69 Å². The van der Waals surface area contributed by atoms with Crippen LogP contribution in [-0.4, -0.2) is 40.8 Å². The highest BCUT2D eigenvalue weighted by molar-refractivity contribution is 5.93. The van der Waals surface area contributed by atoms with Crippen molar-refractivity contribution in [2.75, 3.05) is 39.8 Å². The van der Waals surface area contributed by atoms with Gasteiger partial charge >= 0.3 is 0 Å². The number of hydrogen-bond acceptors (Lipinski definition) is 4. The average molecular weight is 266 g/mol. The Balaban J connectivity index is 2.76. The topological polar surface area (TPSA) is 50.8 Å². The van der Waals surface area contributed by atoms with Crippen LogP contribution < -0.4 is 19.7 Å². The number of ether oxygens (including phenoxy) is 2. The third-order valence-corrected chi connectivity index (χ3v) is 2.95. The van der Waals surface area contributed by atoms with E-state index in [2.05, 4.69) is 5.32 Å². The summed E-state index contributed by atoms with van der Waals surface area (Å²) in [5.41, 5.74) is 0.798. The second kappa shape index (κ2) is 7.63. The molecule has 19 heavy (non-hydrogen) atoms. The van der Waals surface area contributed by atoms with Crippen molar-refractivity contribution in [2.24, 2.45) is 0 Å². The van der Waals surface area contributed by atoms with Gasteiger partial charge in [0.2, 0.25) is 5.91 Å². The van der Waals surface area contributed by atoms with Crippen LogP contribution in [0.2, 0.25) is 0 Å². The zero-order valence-corrected chi connectivity index (χ0v) is 12.0. The number of methoxy groups -OCH3 is 2. The lowest BCUT2D eigenvalue weighted by Crippen LogP contribution is -2.26. The fraction of sp³-hybridized carbons (Fsp3) is 0.500. The number of benzene rings is 1. The Hall–Kier alpha value is -1.75. The Labute approximate surface area is 114 Å². The third-order valence-electron chi connectivity index (χ3n) is 2.95. The first-order chi connectivity index (χ1) is 9.13. The molecule has 0 radical (unpaired) electrons. The molecule has 1 rings (SSSR count). The van der Waals surface area contributed by atoms with Gasteiger partial charge in [-0.05, 0) is 32.1 Å². The fourth-order valence-electron chi connectivity index (χ4n) is 1.76. The molecule has 1 N–H and O–H groups in total. The Morgan fingerprint density at radius 3 is 2.53 bits per heavy atom. The highest BCUT2D eigenvalue weighted by Gasteiger charge is 2.13. The fourth-order valence-corrected chi connectivity index (χ4v) is 1.76. The predicted molar refractivity (Wildman–Crippen MR) is 76.1 cm³/mol. The van der Waals surface area contributed by atoms with E-state index in [0.717, 1.165) is 18.7 Å². The molecule has 0 bridgehead atoms. The van der Waals surface area contributed by atoms with Gasteiger partial charge < -0.3 is 19.7 Å². The molecule has 1 amide bonds. The lowest BCUT2D eigenvalue weighted by Gasteiger charge is -2.19. The maximum Gasteiger partial charge on any atom is 0.226 e. The smallest absolute Gasteiger partial charge is 0.226 e. The van der Waals surface area contributed by atoms with Crippen LogP contribution in [0.1, 0.15) is 12.8 Å². The summed E-state index contributed by atoms with van der Waals surface area (Å²) >= 11 is 0. The van der Waals surface area contributed by atoms with Crippen LogP contribution in [0.15, 0.2) is 18.2 Å². The molecule has 5 heteroatoms. The molecule has 0 unspecified atom stereocenters. The van der Waals surface area contributed by atoms with Crippen LogP contribution >= 0.6 is 0 Å². The number of amides is 1. The summed E-state index contributed by atoms with van der Waals surface area (Å²) in [6.07, 6.45) is 1.35. The van der Waals surface area contributed by atoms with Crippen LogP contribution in [-0.2, 0) is 4.79 Å². The largest absolute Gasteiger partial charge is 0.493 e. The van der Waals surface area contributed by atoms with Crippen LogP contribution in [0.5, 0.6) is 11.5 Å². The molecule has 0 saturated heterocycles. The van der Waals surface area contributed by atoms with Crippen molar-refractivity contribution in [1.82, 2.24) is 5.32 Å². The SMILES string of the molecule is CNCCCC(=O)N(C)c1ccc(OC)c(OC)c1. The van der Waals surface area contributed by atoms with E-state index in [0.29, 0.717) is 17.9 Å². The minimum absolute atomic E-state index is 0.0856. The molecule has 0 saturated carbocycles. The molecule has 0 aliphatic heterocycles. The molecule has 0 aliphatic carbocycles. The number of nitrogens with one attached hydrogen (secondary N) is 1. The summed E-state index contributed by atoms with van der Waals surface area (Å²) < 4.78 is 10.4. The third kappa shape index (κ3) is 4.13. The highest BCUT2D eigenvalue weighted by Crippen LogP contribution is 2.31. The van der Waals surface area contributed by atoms with E-state index in [1.807, 2.05) is 13.1 Å². The highest BCUT2D eigenvalue weighted by atomic mass is 16.5. The summed E-state index contributed by atoms with van der Waals surface area (Å²) in [6.45, 7) is 0.839. The molecule has 0 fully saturated rings. The lowest BCUT2D eigenvalue weighted by atomic mass is 10.2. The second-order valence-corrected chi connectivity index (χ2v) is 4.20. The van der Waals surface area contributed by atoms with Gasteiger partial charge in [0.05, 0.1) is 14.2 Å². The van der Waals surface area contributed by atoms with E-state index in [9.17, 15) is 4.79 Å².